The Balaban J connectivity index is 1.41. The first-order valence-corrected chi connectivity index (χ1v) is 9.89. The van der Waals surface area contributed by atoms with E-state index in [4.69, 9.17) is 9.47 Å². The topological polar surface area (TPSA) is 56.6 Å². The normalized spacial score (nSPS) is 19.5. The molecule has 1 spiro atoms. The van der Waals surface area contributed by atoms with Crippen LogP contribution >= 0.6 is 0 Å². The smallest absolute Gasteiger partial charge is 0.312 e. The predicted octanol–water partition coefficient (Wildman–Crippen LogP) is 2.72. The fourth-order valence-corrected chi connectivity index (χ4v) is 4.32. The summed E-state index contributed by atoms with van der Waals surface area (Å²) in [6, 6.07) is 6.79. The van der Waals surface area contributed by atoms with Crippen LogP contribution in [0.25, 0.3) is 0 Å². The summed E-state index contributed by atoms with van der Waals surface area (Å²) in [6.45, 7) is 5.44. The minimum Gasteiger partial charge on any atom is -0.466 e. The van der Waals surface area contributed by atoms with E-state index in [1.807, 2.05) is 25.3 Å². The summed E-state index contributed by atoms with van der Waals surface area (Å²) in [5.41, 5.74) is 1.68. The highest BCUT2D eigenvalue weighted by Gasteiger charge is 2.43. The first kappa shape index (κ1) is 19.1. The van der Waals surface area contributed by atoms with Crippen LogP contribution in [0.2, 0.25) is 0 Å². The van der Waals surface area contributed by atoms with Crippen molar-refractivity contribution in [3.8, 4) is 0 Å². The Morgan fingerprint density at radius 3 is 2.89 bits per heavy atom. The van der Waals surface area contributed by atoms with Crippen molar-refractivity contribution in [3.05, 3.63) is 53.6 Å². The van der Waals surface area contributed by atoms with Gasteiger partial charge in [-0.1, -0.05) is 6.07 Å². The Labute approximate surface area is 164 Å². The lowest BCUT2D eigenvalue weighted by molar-refractivity contribution is -0.150. The third kappa shape index (κ3) is 3.82. The SMILES string of the molecule is CCOC(=O)C(CN1CCC2(CC1)OCc1ccc(F)cc12)Cn1cccn1. The van der Waals surface area contributed by atoms with Crippen molar-refractivity contribution in [1.82, 2.24) is 14.7 Å². The van der Waals surface area contributed by atoms with Gasteiger partial charge >= 0.3 is 5.97 Å². The molecule has 0 N–H and O–H groups in total. The van der Waals surface area contributed by atoms with Crippen molar-refractivity contribution in [2.45, 2.75) is 38.5 Å². The van der Waals surface area contributed by atoms with Crippen LogP contribution in [0.3, 0.4) is 0 Å². The number of carbonyl (C=O) groups excluding carboxylic acids is 1. The van der Waals surface area contributed by atoms with E-state index in [0.29, 0.717) is 26.3 Å². The first-order chi connectivity index (χ1) is 13.6. The quantitative estimate of drug-likeness (QED) is 0.714. The fraction of sp³-hybridized carbons (Fsp3) is 0.524. The zero-order chi connectivity index (χ0) is 19.6. The number of rotatable bonds is 6. The molecule has 7 heteroatoms. The number of likely N-dealkylation sites (tertiary alicyclic amines) is 1. The van der Waals surface area contributed by atoms with Gasteiger partial charge in [0, 0.05) is 32.0 Å². The number of halogens is 1. The van der Waals surface area contributed by atoms with Crippen molar-refractivity contribution >= 4 is 5.97 Å². The number of piperidine rings is 1. The van der Waals surface area contributed by atoms with Crippen molar-refractivity contribution in [3.63, 3.8) is 0 Å². The van der Waals surface area contributed by atoms with E-state index in [2.05, 4.69) is 10.00 Å². The number of nitrogens with zero attached hydrogens (tertiary/aromatic N) is 3. The van der Waals surface area contributed by atoms with Gasteiger partial charge in [-0.2, -0.15) is 5.10 Å². The third-order valence-corrected chi connectivity index (χ3v) is 5.80. The first-order valence-electron chi connectivity index (χ1n) is 9.89. The molecule has 0 aliphatic carbocycles. The Morgan fingerprint density at radius 2 is 2.18 bits per heavy atom. The lowest BCUT2D eigenvalue weighted by atomic mass is 9.83. The minimum atomic E-state index is -0.394. The number of ether oxygens (including phenoxy) is 2. The average Bonchev–Trinajstić information content (AvgIpc) is 3.32. The molecule has 3 heterocycles. The van der Waals surface area contributed by atoms with Gasteiger partial charge in [0.2, 0.25) is 0 Å². The molecular formula is C21H26FN3O3. The number of esters is 1. The van der Waals surface area contributed by atoms with Crippen LogP contribution in [0.1, 0.15) is 30.9 Å². The number of hydrogen-bond donors (Lipinski definition) is 0. The summed E-state index contributed by atoms with van der Waals surface area (Å²) in [6.07, 6.45) is 5.15. The second-order valence-electron chi connectivity index (χ2n) is 7.56. The van der Waals surface area contributed by atoms with Gasteiger partial charge in [-0.05, 0) is 49.1 Å². The summed E-state index contributed by atoms with van der Waals surface area (Å²) in [7, 11) is 0. The van der Waals surface area contributed by atoms with Gasteiger partial charge in [0.25, 0.3) is 0 Å². The van der Waals surface area contributed by atoms with Crippen LogP contribution in [-0.2, 0) is 33.0 Å². The predicted molar refractivity (Wildman–Crippen MR) is 101 cm³/mol. The standard InChI is InChI=1S/C21H26FN3O3/c1-2-27-20(26)17(14-25-9-3-8-23-25)13-24-10-6-21(7-11-24)19-12-18(22)5-4-16(19)15-28-21/h3-5,8-9,12,17H,2,6-7,10-11,13-15H2,1H3. The van der Waals surface area contributed by atoms with Crippen LogP contribution in [0.15, 0.2) is 36.7 Å². The van der Waals surface area contributed by atoms with E-state index in [9.17, 15) is 9.18 Å². The molecule has 1 atom stereocenters. The number of carbonyl (C=O) groups is 1. The zero-order valence-electron chi connectivity index (χ0n) is 16.1. The summed E-state index contributed by atoms with van der Waals surface area (Å²) >= 11 is 0. The van der Waals surface area contributed by atoms with Crippen LogP contribution in [0.4, 0.5) is 4.39 Å². The van der Waals surface area contributed by atoms with Gasteiger partial charge < -0.3 is 14.4 Å². The number of fused-ring (bicyclic) bond motifs is 2. The van der Waals surface area contributed by atoms with Gasteiger partial charge in [0.05, 0.1) is 31.3 Å². The van der Waals surface area contributed by atoms with Crippen LogP contribution in [-0.4, -0.2) is 46.9 Å². The van der Waals surface area contributed by atoms with Crippen LogP contribution in [0, 0.1) is 11.7 Å². The van der Waals surface area contributed by atoms with Crippen LogP contribution < -0.4 is 0 Å². The van der Waals surface area contributed by atoms with E-state index < -0.39 is 5.60 Å². The number of benzene rings is 1. The molecule has 4 rings (SSSR count). The molecule has 1 fully saturated rings. The van der Waals surface area contributed by atoms with Gasteiger partial charge in [-0.25, -0.2) is 4.39 Å². The summed E-state index contributed by atoms with van der Waals surface area (Å²) in [4.78, 5) is 14.7. The highest BCUT2D eigenvalue weighted by molar-refractivity contribution is 5.72. The average molecular weight is 387 g/mol. The van der Waals surface area contributed by atoms with Crippen LogP contribution in [0.5, 0.6) is 0 Å². The monoisotopic (exact) mass is 387 g/mol. The fourth-order valence-electron chi connectivity index (χ4n) is 4.32. The molecule has 6 nitrogen and oxygen atoms in total. The lowest BCUT2D eigenvalue weighted by Crippen LogP contribution is -2.46. The Hall–Kier alpha value is -2.25. The number of hydrogen-bond acceptors (Lipinski definition) is 5. The second-order valence-corrected chi connectivity index (χ2v) is 7.56. The largest absolute Gasteiger partial charge is 0.466 e. The molecule has 1 saturated heterocycles. The summed E-state index contributed by atoms with van der Waals surface area (Å²) in [5.74, 6) is -0.682. The van der Waals surface area contributed by atoms with Crippen molar-refractivity contribution in [2.24, 2.45) is 5.92 Å². The second kappa shape index (κ2) is 8.01. The molecular weight excluding hydrogens is 361 g/mol. The van der Waals surface area contributed by atoms with Crippen molar-refractivity contribution < 1.29 is 18.7 Å². The maximum atomic E-state index is 13.8. The Morgan fingerprint density at radius 1 is 1.36 bits per heavy atom. The van der Waals surface area contributed by atoms with E-state index in [1.165, 1.54) is 6.07 Å². The van der Waals surface area contributed by atoms with E-state index in [0.717, 1.165) is 37.1 Å². The molecule has 28 heavy (non-hydrogen) atoms. The highest BCUT2D eigenvalue weighted by Crippen LogP contribution is 2.44. The highest BCUT2D eigenvalue weighted by atomic mass is 19.1. The molecule has 2 aliphatic rings. The molecule has 150 valence electrons. The van der Waals surface area contributed by atoms with E-state index >= 15 is 0 Å². The molecule has 0 amide bonds. The molecule has 0 radical (unpaired) electrons. The maximum Gasteiger partial charge on any atom is 0.312 e. The molecule has 1 unspecified atom stereocenters. The van der Waals surface area contributed by atoms with Crippen molar-refractivity contribution in [1.29, 1.82) is 0 Å². The van der Waals surface area contributed by atoms with Gasteiger partial charge in [-0.15, -0.1) is 0 Å². The van der Waals surface area contributed by atoms with Gasteiger partial charge in [0.1, 0.15) is 5.82 Å². The van der Waals surface area contributed by atoms with Crippen molar-refractivity contribution in [2.75, 3.05) is 26.2 Å². The maximum absolute atomic E-state index is 13.8. The summed E-state index contributed by atoms with van der Waals surface area (Å²) < 4.78 is 26.9. The van der Waals surface area contributed by atoms with Gasteiger partial charge in [0.15, 0.2) is 0 Å². The molecule has 0 saturated carbocycles. The Bertz CT molecular complexity index is 816. The molecule has 0 bridgehead atoms. The van der Waals surface area contributed by atoms with Gasteiger partial charge in [-0.3, -0.25) is 9.48 Å². The molecule has 1 aromatic heterocycles. The lowest BCUT2D eigenvalue weighted by Gasteiger charge is -2.40. The van der Waals surface area contributed by atoms with E-state index in [-0.39, 0.29) is 17.7 Å². The third-order valence-electron chi connectivity index (χ3n) is 5.80. The zero-order valence-corrected chi connectivity index (χ0v) is 16.1. The Kier molecular flexibility index (Phi) is 5.46. The summed E-state index contributed by atoms with van der Waals surface area (Å²) in [5, 5.41) is 4.22. The molecule has 1 aromatic carbocycles. The molecule has 2 aliphatic heterocycles. The number of aromatic nitrogens is 2. The minimum absolute atomic E-state index is 0.192. The van der Waals surface area contributed by atoms with E-state index in [1.54, 1.807) is 16.9 Å². The molecule has 2 aromatic rings.